The molecule has 2 N–H and O–H groups in total. The predicted molar refractivity (Wildman–Crippen MR) is 82.4 cm³/mol. The van der Waals surface area contributed by atoms with E-state index in [1.54, 1.807) is 0 Å². The van der Waals surface area contributed by atoms with Crippen LogP contribution < -0.4 is 10.6 Å². The molecule has 106 valence electrons. The highest BCUT2D eigenvalue weighted by atomic mass is 15.2. The van der Waals surface area contributed by atoms with Gasteiger partial charge in [-0.25, -0.2) is 4.98 Å². The van der Waals surface area contributed by atoms with Gasteiger partial charge in [0, 0.05) is 18.8 Å². The number of nitrogens with zero attached hydrogens (tertiary/aromatic N) is 2. The highest BCUT2D eigenvalue weighted by Crippen LogP contribution is 2.32. The molecule has 0 amide bonds. The van der Waals surface area contributed by atoms with Crippen LogP contribution in [-0.2, 0) is 0 Å². The first-order chi connectivity index (χ1) is 9.09. The summed E-state index contributed by atoms with van der Waals surface area (Å²) in [4.78, 5) is 7.03. The summed E-state index contributed by atoms with van der Waals surface area (Å²) in [5.41, 5.74) is 8.25. The summed E-state index contributed by atoms with van der Waals surface area (Å²) >= 11 is 0. The molecule has 1 aromatic rings. The molecule has 1 aliphatic carbocycles. The van der Waals surface area contributed by atoms with Gasteiger partial charge in [0.05, 0.1) is 5.69 Å². The van der Waals surface area contributed by atoms with Crippen LogP contribution in [0.4, 0.5) is 11.5 Å². The average Bonchev–Trinajstić information content (AvgIpc) is 2.88. The van der Waals surface area contributed by atoms with Gasteiger partial charge in [0.2, 0.25) is 0 Å². The van der Waals surface area contributed by atoms with Crippen LogP contribution in [0.15, 0.2) is 12.3 Å². The molecule has 0 saturated heterocycles. The largest absolute Gasteiger partial charge is 0.396 e. The number of aromatic nitrogens is 1. The van der Waals surface area contributed by atoms with Gasteiger partial charge in [-0.3, -0.25) is 0 Å². The van der Waals surface area contributed by atoms with Crippen molar-refractivity contribution in [3.8, 4) is 0 Å². The first-order valence-corrected chi connectivity index (χ1v) is 7.57. The van der Waals surface area contributed by atoms with E-state index in [4.69, 9.17) is 5.73 Å². The van der Waals surface area contributed by atoms with E-state index in [0.717, 1.165) is 29.5 Å². The number of rotatable bonds is 5. The molecule has 0 aliphatic heterocycles. The monoisotopic (exact) mass is 261 g/mol. The summed E-state index contributed by atoms with van der Waals surface area (Å²) < 4.78 is 0. The van der Waals surface area contributed by atoms with Crippen molar-refractivity contribution < 1.29 is 0 Å². The summed E-state index contributed by atoms with van der Waals surface area (Å²) in [5.74, 6) is 1.72. The van der Waals surface area contributed by atoms with E-state index >= 15 is 0 Å². The summed E-state index contributed by atoms with van der Waals surface area (Å²) in [6.45, 7) is 7.69. The first kappa shape index (κ1) is 14.2. The van der Waals surface area contributed by atoms with Crippen LogP contribution in [0.1, 0.15) is 51.5 Å². The third kappa shape index (κ3) is 3.40. The molecule has 1 fully saturated rings. The molecular weight excluding hydrogens is 234 g/mol. The fourth-order valence-corrected chi connectivity index (χ4v) is 2.86. The van der Waals surface area contributed by atoms with Crippen LogP contribution in [-0.4, -0.2) is 17.6 Å². The molecule has 0 radical (unpaired) electrons. The topological polar surface area (TPSA) is 42.2 Å². The minimum absolute atomic E-state index is 0.635. The van der Waals surface area contributed by atoms with E-state index in [1.807, 2.05) is 12.3 Å². The molecular formula is C16H27N3. The Bertz CT molecular complexity index is 408. The van der Waals surface area contributed by atoms with Gasteiger partial charge in [0.25, 0.3) is 0 Å². The van der Waals surface area contributed by atoms with Crippen LogP contribution in [0.2, 0.25) is 0 Å². The molecule has 19 heavy (non-hydrogen) atoms. The van der Waals surface area contributed by atoms with Crippen molar-refractivity contribution in [1.82, 2.24) is 4.98 Å². The van der Waals surface area contributed by atoms with Crippen LogP contribution >= 0.6 is 0 Å². The van der Waals surface area contributed by atoms with E-state index in [2.05, 4.69) is 30.7 Å². The minimum atomic E-state index is 0.635. The molecule has 0 atom stereocenters. The zero-order valence-corrected chi connectivity index (χ0v) is 12.5. The maximum atomic E-state index is 6.25. The lowest BCUT2D eigenvalue weighted by Gasteiger charge is -2.32. The number of anilines is 2. The number of pyridine rings is 1. The van der Waals surface area contributed by atoms with E-state index in [-0.39, 0.29) is 0 Å². The lowest BCUT2D eigenvalue weighted by Crippen LogP contribution is -2.36. The van der Waals surface area contributed by atoms with Gasteiger partial charge in [0.15, 0.2) is 5.82 Å². The Kier molecular flexibility index (Phi) is 4.67. The van der Waals surface area contributed by atoms with Gasteiger partial charge >= 0.3 is 0 Å². The zero-order chi connectivity index (χ0) is 13.8. The van der Waals surface area contributed by atoms with Gasteiger partial charge < -0.3 is 10.6 Å². The Hall–Kier alpha value is -1.25. The van der Waals surface area contributed by atoms with Crippen LogP contribution in [0.25, 0.3) is 0 Å². The smallest absolute Gasteiger partial charge is 0.152 e. The van der Waals surface area contributed by atoms with E-state index in [9.17, 15) is 0 Å². The third-order valence-electron chi connectivity index (χ3n) is 4.17. The number of nitrogens with two attached hydrogens (primary N) is 1. The van der Waals surface area contributed by atoms with Crippen molar-refractivity contribution in [3.05, 3.63) is 17.8 Å². The van der Waals surface area contributed by atoms with E-state index < -0.39 is 0 Å². The lowest BCUT2D eigenvalue weighted by molar-refractivity contribution is 0.525. The summed E-state index contributed by atoms with van der Waals surface area (Å²) in [5, 5.41) is 0. The quantitative estimate of drug-likeness (QED) is 0.877. The summed E-state index contributed by atoms with van der Waals surface area (Å²) in [6, 6.07) is 2.63. The Morgan fingerprint density at radius 3 is 2.68 bits per heavy atom. The Morgan fingerprint density at radius 2 is 2.05 bits per heavy atom. The van der Waals surface area contributed by atoms with Crippen molar-refractivity contribution >= 4 is 11.5 Å². The normalized spacial score (nSPS) is 16.2. The molecule has 0 bridgehead atoms. The van der Waals surface area contributed by atoms with Crippen molar-refractivity contribution in [2.24, 2.45) is 5.92 Å². The Labute approximate surface area is 117 Å². The van der Waals surface area contributed by atoms with Crippen molar-refractivity contribution in [1.29, 1.82) is 0 Å². The highest BCUT2D eigenvalue weighted by molar-refractivity contribution is 5.66. The predicted octanol–water partition coefficient (Wildman–Crippen LogP) is 3.77. The highest BCUT2D eigenvalue weighted by Gasteiger charge is 2.25. The maximum absolute atomic E-state index is 6.25. The number of nitrogen functional groups attached to an aromatic ring is 1. The molecule has 1 aliphatic rings. The number of hydrogen-bond acceptors (Lipinski definition) is 3. The van der Waals surface area contributed by atoms with Gasteiger partial charge in [-0.05, 0) is 43.7 Å². The van der Waals surface area contributed by atoms with E-state index in [0.29, 0.717) is 6.04 Å². The fourth-order valence-electron chi connectivity index (χ4n) is 2.86. The second kappa shape index (κ2) is 6.27. The van der Waals surface area contributed by atoms with Crippen molar-refractivity contribution in [3.63, 3.8) is 0 Å². The third-order valence-corrected chi connectivity index (χ3v) is 4.17. The maximum Gasteiger partial charge on any atom is 0.152 e. The second-order valence-corrected chi connectivity index (χ2v) is 6.18. The van der Waals surface area contributed by atoms with Gasteiger partial charge in [-0.1, -0.05) is 26.7 Å². The molecule has 3 nitrogen and oxygen atoms in total. The van der Waals surface area contributed by atoms with Gasteiger partial charge in [-0.15, -0.1) is 0 Å². The lowest BCUT2D eigenvalue weighted by atomic mass is 10.1. The molecule has 1 heterocycles. The van der Waals surface area contributed by atoms with Crippen LogP contribution in [0.3, 0.4) is 0 Å². The van der Waals surface area contributed by atoms with E-state index in [1.165, 1.54) is 32.1 Å². The molecule has 1 saturated carbocycles. The second-order valence-electron chi connectivity index (χ2n) is 6.18. The molecule has 0 aromatic carbocycles. The first-order valence-electron chi connectivity index (χ1n) is 7.57. The minimum Gasteiger partial charge on any atom is -0.396 e. The SMILES string of the molecule is Cc1ccnc(N(CCC(C)C)C2CCCC2)c1N. The molecule has 0 spiro atoms. The van der Waals surface area contributed by atoms with Crippen molar-refractivity contribution in [2.75, 3.05) is 17.2 Å². The summed E-state index contributed by atoms with van der Waals surface area (Å²) in [6.07, 6.45) is 8.34. The average molecular weight is 261 g/mol. The number of aryl methyl sites for hydroxylation is 1. The zero-order valence-electron chi connectivity index (χ0n) is 12.5. The molecule has 3 heteroatoms. The van der Waals surface area contributed by atoms with Gasteiger partial charge in [-0.2, -0.15) is 0 Å². The summed E-state index contributed by atoms with van der Waals surface area (Å²) in [7, 11) is 0. The van der Waals surface area contributed by atoms with Crippen LogP contribution in [0.5, 0.6) is 0 Å². The van der Waals surface area contributed by atoms with Crippen molar-refractivity contribution in [2.45, 2.75) is 58.9 Å². The standard InChI is InChI=1S/C16H27N3/c1-12(2)9-11-19(14-6-4-5-7-14)16-15(17)13(3)8-10-18-16/h8,10,12,14H,4-7,9,11,17H2,1-3H3. The Balaban J connectivity index is 2.22. The molecule has 0 unspecified atom stereocenters. The Morgan fingerprint density at radius 1 is 1.37 bits per heavy atom. The van der Waals surface area contributed by atoms with Crippen LogP contribution in [0, 0.1) is 12.8 Å². The fraction of sp³-hybridized carbons (Fsp3) is 0.688. The molecule has 2 rings (SSSR count). The molecule has 1 aromatic heterocycles. The van der Waals surface area contributed by atoms with Gasteiger partial charge in [0.1, 0.15) is 0 Å². The number of hydrogen-bond donors (Lipinski definition) is 1.